The summed E-state index contributed by atoms with van der Waals surface area (Å²) in [4.78, 5) is 18.7. The minimum absolute atomic E-state index is 0.0327. The Kier molecular flexibility index (Phi) is 5.85. The topological polar surface area (TPSA) is 45.2 Å². The average Bonchev–Trinajstić information content (AvgIpc) is 2.74. The number of carbonyl (C=O) groups is 1. The van der Waals surface area contributed by atoms with E-state index >= 15 is 0 Å². The van der Waals surface area contributed by atoms with Gasteiger partial charge in [0.2, 0.25) is 0 Å². The third kappa shape index (κ3) is 4.34. The minimum Gasteiger partial charge on any atom is -0.370 e. The van der Waals surface area contributed by atoms with E-state index in [1.807, 2.05) is 18.9 Å². The molecule has 116 valence electrons. The molecule has 1 aromatic rings. The lowest BCUT2D eigenvalue weighted by Crippen LogP contribution is -2.36. The van der Waals surface area contributed by atoms with Crippen molar-refractivity contribution in [2.24, 2.45) is 0 Å². The highest BCUT2D eigenvalue weighted by Crippen LogP contribution is 2.23. The molecule has 5 heteroatoms. The largest absolute Gasteiger partial charge is 0.370 e. The highest BCUT2D eigenvalue weighted by Gasteiger charge is 2.22. The molecule has 1 aromatic heterocycles. The molecular weight excluding hydrogens is 286 g/mol. The van der Waals surface area contributed by atoms with Crippen molar-refractivity contribution in [3.05, 3.63) is 22.8 Å². The Morgan fingerprint density at radius 1 is 1.33 bits per heavy atom. The van der Waals surface area contributed by atoms with Gasteiger partial charge < -0.3 is 10.2 Å². The molecule has 1 heterocycles. The van der Waals surface area contributed by atoms with Gasteiger partial charge in [-0.1, -0.05) is 37.3 Å². The van der Waals surface area contributed by atoms with Gasteiger partial charge in [-0.05, 0) is 31.9 Å². The lowest BCUT2D eigenvalue weighted by Gasteiger charge is -2.27. The van der Waals surface area contributed by atoms with Crippen molar-refractivity contribution >= 4 is 23.3 Å². The van der Waals surface area contributed by atoms with E-state index in [0.717, 1.165) is 19.4 Å². The third-order valence-corrected chi connectivity index (χ3v) is 4.29. The van der Waals surface area contributed by atoms with Crippen LogP contribution in [0.2, 0.25) is 5.15 Å². The number of aromatic nitrogens is 1. The number of pyridine rings is 1. The summed E-state index contributed by atoms with van der Waals surface area (Å²) < 4.78 is 0. The van der Waals surface area contributed by atoms with E-state index < -0.39 is 0 Å². The summed E-state index contributed by atoms with van der Waals surface area (Å²) in [6, 6.07) is 3.78. The summed E-state index contributed by atoms with van der Waals surface area (Å²) in [5.74, 6) is 0.688. The predicted molar refractivity (Wildman–Crippen MR) is 87.0 cm³/mol. The maximum absolute atomic E-state index is 12.7. The van der Waals surface area contributed by atoms with E-state index in [2.05, 4.69) is 10.3 Å². The summed E-state index contributed by atoms with van der Waals surface area (Å²) in [6.45, 7) is 2.74. The molecule has 1 amide bonds. The van der Waals surface area contributed by atoms with Crippen molar-refractivity contribution in [2.75, 3.05) is 18.9 Å². The van der Waals surface area contributed by atoms with Crippen LogP contribution < -0.4 is 5.32 Å². The monoisotopic (exact) mass is 309 g/mol. The Balaban J connectivity index is 2.14. The van der Waals surface area contributed by atoms with Crippen molar-refractivity contribution in [1.29, 1.82) is 0 Å². The lowest BCUT2D eigenvalue weighted by molar-refractivity contribution is 0.0717. The molecule has 1 aliphatic rings. The van der Waals surface area contributed by atoms with Gasteiger partial charge in [0.15, 0.2) is 0 Å². The number of hydrogen-bond acceptors (Lipinski definition) is 3. The third-order valence-electron chi connectivity index (χ3n) is 4.09. The zero-order chi connectivity index (χ0) is 15.2. The van der Waals surface area contributed by atoms with Crippen molar-refractivity contribution < 1.29 is 4.79 Å². The maximum atomic E-state index is 12.7. The zero-order valence-corrected chi connectivity index (χ0v) is 13.6. The maximum Gasteiger partial charge on any atom is 0.254 e. The minimum atomic E-state index is 0.0327. The molecule has 0 unspecified atom stereocenters. The summed E-state index contributed by atoms with van der Waals surface area (Å²) in [7, 11) is 1.90. The fourth-order valence-electron chi connectivity index (χ4n) is 2.91. The molecule has 0 saturated heterocycles. The molecule has 1 N–H and O–H groups in total. The van der Waals surface area contributed by atoms with E-state index in [1.54, 1.807) is 12.1 Å². The van der Waals surface area contributed by atoms with Gasteiger partial charge >= 0.3 is 0 Å². The number of anilines is 1. The number of halogens is 1. The highest BCUT2D eigenvalue weighted by molar-refractivity contribution is 6.29. The van der Waals surface area contributed by atoms with Crippen molar-refractivity contribution in [3.63, 3.8) is 0 Å². The van der Waals surface area contributed by atoms with Crippen LogP contribution in [0.25, 0.3) is 0 Å². The fourth-order valence-corrected chi connectivity index (χ4v) is 3.12. The van der Waals surface area contributed by atoms with E-state index in [0.29, 0.717) is 22.6 Å². The van der Waals surface area contributed by atoms with E-state index in [-0.39, 0.29) is 5.91 Å². The number of hydrogen-bond donors (Lipinski definition) is 1. The molecule has 0 bridgehead atoms. The average molecular weight is 310 g/mol. The van der Waals surface area contributed by atoms with Crippen LogP contribution in [-0.4, -0.2) is 35.4 Å². The number of nitrogens with zero attached hydrogens (tertiary/aromatic N) is 2. The first-order valence-electron chi connectivity index (χ1n) is 7.80. The molecule has 0 aliphatic heterocycles. The number of nitrogens with one attached hydrogen (secondary N) is 1. The van der Waals surface area contributed by atoms with Crippen LogP contribution in [0.15, 0.2) is 12.1 Å². The fraction of sp³-hybridized carbons (Fsp3) is 0.625. The summed E-state index contributed by atoms with van der Waals surface area (Å²) in [6.07, 6.45) is 7.18. The van der Waals surface area contributed by atoms with Gasteiger partial charge in [0.25, 0.3) is 5.91 Å². The normalized spacial score (nSPS) is 16.3. The quantitative estimate of drug-likeness (QED) is 0.676. The van der Waals surface area contributed by atoms with Gasteiger partial charge in [-0.2, -0.15) is 0 Å². The molecule has 1 fully saturated rings. The number of rotatable bonds is 4. The van der Waals surface area contributed by atoms with E-state index in [9.17, 15) is 4.79 Å². The van der Waals surface area contributed by atoms with Crippen LogP contribution in [0.4, 0.5) is 5.82 Å². The standard InChI is InChI=1S/C16H24ClN3O/c1-3-18-15-11-12(10-14(17)19-15)16(21)20(2)13-8-6-4-5-7-9-13/h10-11,13H,3-9H2,1-2H3,(H,18,19). The van der Waals surface area contributed by atoms with Gasteiger partial charge in [0.05, 0.1) is 0 Å². The molecule has 0 aromatic carbocycles. The van der Waals surface area contributed by atoms with Crippen molar-refractivity contribution in [3.8, 4) is 0 Å². The molecular formula is C16H24ClN3O. The molecule has 0 radical (unpaired) electrons. The first-order valence-corrected chi connectivity index (χ1v) is 8.18. The molecule has 1 aliphatic carbocycles. The highest BCUT2D eigenvalue weighted by atomic mass is 35.5. The van der Waals surface area contributed by atoms with Gasteiger partial charge in [-0.3, -0.25) is 4.79 Å². The van der Waals surface area contributed by atoms with Crippen molar-refractivity contribution in [2.45, 2.75) is 51.5 Å². The second-order valence-electron chi connectivity index (χ2n) is 5.66. The first-order chi connectivity index (χ1) is 10.1. The molecule has 21 heavy (non-hydrogen) atoms. The Labute approximate surface area is 131 Å². The molecule has 0 spiro atoms. The number of carbonyl (C=O) groups excluding carboxylic acids is 1. The van der Waals surface area contributed by atoms with Gasteiger partial charge in [-0.25, -0.2) is 4.98 Å². The van der Waals surface area contributed by atoms with E-state index in [1.165, 1.54) is 25.7 Å². The van der Waals surface area contributed by atoms with Crippen LogP contribution >= 0.6 is 11.6 Å². The van der Waals surface area contributed by atoms with E-state index in [4.69, 9.17) is 11.6 Å². The van der Waals surface area contributed by atoms with Gasteiger partial charge in [0.1, 0.15) is 11.0 Å². The zero-order valence-electron chi connectivity index (χ0n) is 12.9. The molecule has 0 atom stereocenters. The second-order valence-corrected chi connectivity index (χ2v) is 6.04. The second kappa shape index (κ2) is 7.64. The summed E-state index contributed by atoms with van der Waals surface area (Å²) >= 11 is 6.02. The Morgan fingerprint density at radius 2 is 2.00 bits per heavy atom. The summed E-state index contributed by atoms with van der Waals surface area (Å²) in [5, 5.41) is 3.46. The van der Waals surface area contributed by atoms with Crippen molar-refractivity contribution in [1.82, 2.24) is 9.88 Å². The number of amides is 1. The van der Waals surface area contributed by atoms with Crippen LogP contribution in [-0.2, 0) is 0 Å². The predicted octanol–water partition coefficient (Wildman–Crippen LogP) is 3.96. The smallest absolute Gasteiger partial charge is 0.254 e. The van der Waals surface area contributed by atoms with Gasteiger partial charge in [-0.15, -0.1) is 0 Å². The Morgan fingerprint density at radius 3 is 2.62 bits per heavy atom. The van der Waals surface area contributed by atoms with Crippen LogP contribution in [0, 0.1) is 0 Å². The van der Waals surface area contributed by atoms with Crippen LogP contribution in [0.1, 0.15) is 55.8 Å². The SMILES string of the molecule is CCNc1cc(C(=O)N(C)C2CCCCCC2)cc(Cl)n1. The van der Waals surface area contributed by atoms with Gasteiger partial charge in [0, 0.05) is 25.2 Å². The Hall–Kier alpha value is -1.29. The first kappa shape index (κ1) is 16.1. The molecule has 2 rings (SSSR count). The Bertz CT molecular complexity index is 484. The molecule has 4 nitrogen and oxygen atoms in total. The van der Waals surface area contributed by atoms with Crippen LogP contribution in [0.5, 0.6) is 0 Å². The van der Waals surface area contributed by atoms with Crippen LogP contribution in [0.3, 0.4) is 0 Å². The summed E-state index contributed by atoms with van der Waals surface area (Å²) in [5.41, 5.74) is 0.609. The lowest BCUT2D eigenvalue weighted by atomic mass is 10.1. The molecule has 1 saturated carbocycles.